The van der Waals surface area contributed by atoms with Crippen molar-refractivity contribution in [3.8, 4) is 0 Å². The van der Waals surface area contributed by atoms with Crippen LogP contribution in [0.25, 0.3) is 0 Å². The second-order valence-corrected chi connectivity index (χ2v) is 6.70. The fourth-order valence-corrected chi connectivity index (χ4v) is 2.81. The van der Waals surface area contributed by atoms with E-state index >= 15 is 0 Å². The van der Waals surface area contributed by atoms with Gasteiger partial charge < -0.3 is 11.1 Å². The molecule has 0 aromatic heterocycles. The minimum absolute atomic E-state index is 0.0107. The van der Waals surface area contributed by atoms with E-state index < -0.39 is 0 Å². The van der Waals surface area contributed by atoms with Crippen molar-refractivity contribution in [1.29, 1.82) is 0 Å². The van der Waals surface area contributed by atoms with E-state index in [2.05, 4.69) is 46.9 Å². The van der Waals surface area contributed by atoms with Crippen molar-refractivity contribution in [2.45, 2.75) is 59.9 Å². The lowest BCUT2D eigenvalue weighted by atomic mass is 9.94. The third-order valence-corrected chi connectivity index (χ3v) is 5.55. The van der Waals surface area contributed by atoms with Crippen LogP contribution < -0.4 is 11.1 Å². The van der Waals surface area contributed by atoms with Crippen LogP contribution in [-0.2, 0) is 0 Å². The molecule has 1 fully saturated rings. The minimum atomic E-state index is -0.0107. The summed E-state index contributed by atoms with van der Waals surface area (Å²) in [5, 5.41) is 3.58. The highest BCUT2D eigenvalue weighted by atomic mass is 15.0. The molecule has 0 aromatic rings. The SMILES string of the molecule is CCC(N)(CC)CNCC1C(C)(C)C1(C)C. The number of hydrogen-bond donors (Lipinski definition) is 2. The van der Waals surface area contributed by atoms with Gasteiger partial charge in [0.15, 0.2) is 0 Å². The fraction of sp³-hybridized carbons (Fsp3) is 1.00. The molecule has 1 saturated carbocycles. The molecule has 0 radical (unpaired) electrons. The molecule has 96 valence electrons. The van der Waals surface area contributed by atoms with Gasteiger partial charge in [-0.3, -0.25) is 0 Å². The van der Waals surface area contributed by atoms with Crippen molar-refractivity contribution < 1.29 is 0 Å². The lowest BCUT2D eigenvalue weighted by Gasteiger charge is -2.27. The molecule has 0 spiro atoms. The second-order valence-electron chi connectivity index (χ2n) is 6.70. The van der Waals surface area contributed by atoms with Gasteiger partial charge in [-0.15, -0.1) is 0 Å². The third-order valence-electron chi connectivity index (χ3n) is 5.55. The highest BCUT2D eigenvalue weighted by molar-refractivity contribution is 5.12. The van der Waals surface area contributed by atoms with Crippen LogP contribution in [0.3, 0.4) is 0 Å². The van der Waals surface area contributed by atoms with Gasteiger partial charge in [0.1, 0.15) is 0 Å². The van der Waals surface area contributed by atoms with Gasteiger partial charge in [0, 0.05) is 12.1 Å². The number of nitrogens with two attached hydrogens (primary N) is 1. The quantitative estimate of drug-likeness (QED) is 0.731. The molecular formula is C14H30N2. The van der Waals surface area contributed by atoms with Crippen molar-refractivity contribution in [1.82, 2.24) is 5.32 Å². The molecule has 16 heavy (non-hydrogen) atoms. The lowest BCUT2D eigenvalue weighted by Crippen LogP contribution is -2.48. The van der Waals surface area contributed by atoms with Crippen molar-refractivity contribution in [2.24, 2.45) is 22.5 Å². The number of rotatable bonds is 6. The van der Waals surface area contributed by atoms with Crippen molar-refractivity contribution in [3.05, 3.63) is 0 Å². The summed E-state index contributed by atoms with van der Waals surface area (Å²) in [6.45, 7) is 15.9. The van der Waals surface area contributed by atoms with Gasteiger partial charge in [0.05, 0.1) is 0 Å². The normalized spacial score (nSPS) is 23.4. The molecule has 0 unspecified atom stereocenters. The Labute approximate surface area is 101 Å². The van der Waals surface area contributed by atoms with E-state index in [9.17, 15) is 0 Å². The van der Waals surface area contributed by atoms with Gasteiger partial charge >= 0.3 is 0 Å². The van der Waals surface area contributed by atoms with Crippen molar-refractivity contribution in [3.63, 3.8) is 0 Å². The largest absolute Gasteiger partial charge is 0.324 e. The van der Waals surface area contributed by atoms with E-state index in [1.807, 2.05) is 0 Å². The van der Waals surface area contributed by atoms with E-state index in [0.717, 1.165) is 31.8 Å². The molecule has 1 aliphatic carbocycles. The van der Waals surface area contributed by atoms with Crippen molar-refractivity contribution in [2.75, 3.05) is 13.1 Å². The summed E-state index contributed by atoms with van der Waals surface area (Å²) in [5.74, 6) is 0.790. The molecular weight excluding hydrogens is 196 g/mol. The second kappa shape index (κ2) is 4.30. The van der Waals surface area contributed by atoms with Crippen LogP contribution in [0.4, 0.5) is 0 Å². The summed E-state index contributed by atoms with van der Waals surface area (Å²) in [4.78, 5) is 0. The fourth-order valence-electron chi connectivity index (χ4n) is 2.81. The van der Waals surface area contributed by atoms with Crippen molar-refractivity contribution >= 4 is 0 Å². The Morgan fingerprint density at radius 1 is 1.06 bits per heavy atom. The van der Waals surface area contributed by atoms with Crippen LogP contribution in [-0.4, -0.2) is 18.6 Å². The van der Waals surface area contributed by atoms with Crippen LogP contribution >= 0.6 is 0 Å². The van der Waals surface area contributed by atoms with Crippen LogP contribution in [0.5, 0.6) is 0 Å². The maximum absolute atomic E-state index is 6.28. The Kier molecular flexibility index (Phi) is 3.76. The van der Waals surface area contributed by atoms with E-state index in [1.54, 1.807) is 0 Å². The molecule has 0 bridgehead atoms. The predicted molar refractivity (Wildman–Crippen MR) is 71.4 cm³/mol. The minimum Gasteiger partial charge on any atom is -0.324 e. The van der Waals surface area contributed by atoms with E-state index in [0.29, 0.717) is 10.8 Å². The Morgan fingerprint density at radius 2 is 1.50 bits per heavy atom. The maximum Gasteiger partial charge on any atom is 0.0275 e. The summed E-state index contributed by atoms with van der Waals surface area (Å²) in [6, 6.07) is 0. The molecule has 1 rings (SSSR count). The summed E-state index contributed by atoms with van der Waals surface area (Å²) in [6.07, 6.45) is 2.10. The molecule has 0 atom stereocenters. The standard InChI is InChI=1S/C14H30N2/c1-7-14(15,8-2)10-16-9-11-12(3,4)13(11,5)6/h11,16H,7-10,15H2,1-6H3. The van der Waals surface area contributed by atoms with Gasteiger partial charge in [-0.05, 0) is 36.1 Å². The molecule has 2 heteroatoms. The molecule has 0 amide bonds. The van der Waals surface area contributed by atoms with Gasteiger partial charge in [-0.2, -0.15) is 0 Å². The Hall–Kier alpha value is -0.0800. The average Bonchev–Trinajstić information content (AvgIpc) is 2.60. The first-order valence-corrected chi connectivity index (χ1v) is 6.71. The zero-order valence-corrected chi connectivity index (χ0v) is 12.0. The molecule has 2 nitrogen and oxygen atoms in total. The van der Waals surface area contributed by atoms with E-state index in [-0.39, 0.29) is 5.54 Å². The summed E-state index contributed by atoms with van der Waals surface area (Å²) in [7, 11) is 0. The average molecular weight is 226 g/mol. The molecule has 0 heterocycles. The van der Waals surface area contributed by atoms with Gasteiger partial charge in [0.2, 0.25) is 0 Å². The molecule has 3 N–H and O–H groups in total. The van der Waals surface area contributed by atoms with Crippen LogP contribution in [0.2, 0.25) is 0 Å². The molecule has 1 aliphatic rings. The zero-order chi connectivity index (χ0) is 12.6. The van der Waals surface area contributed by atoms with Crippen LogP contribution in [0.1, 0.15) is 54.4 Å². The summed E-state index contributed by atoms with van der Waals surface area (Å²) in [5.41, 5.74) is 7.23. The number of nitrogens with one attached hydrogen (secondary N) is 1. The Balaban J connectivity index is 2.33. The topological polar surface area (TPSA) is 38.0 Å². The van der Waals surface area contributed by atoms with Crippen LogP contribution in [0.15, 0.2) is 0 Å². The first-order chi connectivity index (χ1) is 7.21. The first kappa shape index (κ1) is 14.0. The summed E-state index contributed by atoms with van der Waals surface area (Å²) >= 11 is 0. The van der Waals surface area contributed by atoms with Crippen LogP contribution in [0, 0.1) is 16.7 Å². The molecule has 0 aliphatic heterocycles. The molecule has 0 aromatic carbocycles. The van der Waals surface area contributed by atoms with Gasteiger partial charge in [-0.25, -0.2) is 0 Å². The molecule has 0 saturated heterocycles. The third kappa shape index (κ3) is 2.28. The maximum atomic E-state index is 6.28. The monoisotopic (exact) mass is 226 g/mol. The lowest BCUT2D eigenvalue weighted by molar-refractivity contribution is 0.360. The smallest absolute Gasteiger partial charge is 0.0275 e. The number of hydrogen-bond acceptors (Lipinski definition) is 2. The van der Waals surface area contributed by atoms with E-state index in [4.69, 9.17) is 5.73 Å². The highest BCUT2D eigenvalue weighted by Crippen LogP contribution is 2.67. The van der Waals surface area contributed by atoms with Gasteiger partial charge in [-0.1, -0.05) is 41.5 Å². The predicted octanol–water partition coefficient (Wildman–Crippen LogP) is 2.78. The first-order valence-electron chi connectivity index (χ1n) is 6.71. The van der Waals surface area contributed by atoms with E-state index in [1.165, 1.54) is 0 Å². The van der Waals surface area contributed by atoms with Gasteiger partial charge in [0.25, 0.3) is 0 Å². The highest BCUT2D eigenvalue weighted by Gasteiger charge is 2.63. The summed E-state index contributed by atoms with van der Waals surface area (Å²) < 4.78 is 0. The zero-order valence-electron chi connectivity index (χ0n) is 12.0. The Morgan fingerprint density at radius 3 is 1.81 bits per heavy atom. The Bertz CT molecular complexity index is 225.